The van der Waals surface area contributed by atoms with Crippen LogP contribution >= 0.6 is 11.6 Å². The Morgan fingerprint density at radius 2 is 2.00 bits per heavy atom. The maximum Gasteiger partial charge on any atom is 0.417 e. The Morgan fingerprint density at radius 3 is 2.40 bits per heavy atom. The fourth-order valence-electron chi connectivity index (χ4n) is 1.11. The summed E-state index contributed by atoms with van der Waals surface area (Å²) < 4.78 is 36.9. The van der Waals surface area contributed by atoms with Crippen molar-refractivity contribution in [3.63, 3.8) is 0 Å². The highest BCUT2D eigenvalue weighted by Gasteiger charge is 2.33. The Kier molecular flexibility index (Phi) is 3.25. The summed E-state index contributed by atoms with van der Waals surface area (Å²) in [5.41, 5.74) is -0.395. The highest BCUT2D eigenvalue weighted by atomic mass is 35.5. The summed E-state index contributed by atoms with van der Waals surface area (Å²) in [4.78, 5) is 0. The van der Waals surface area contributed by atoms with E-state index in [2.05, 4.69) is 0 Å². The van der Waals surface area contributed by atoms with Crippen LogP contribution in [0.2, 0.25) is 5.02 Å². The zero-order chi connectivity index (χ0) is 11.6. The van der Waals surface area contributed by atoms with Crippen molar-refractivity contribution in [2.24, 2.45) is 0 Å². The largest absolute Gasteiger partial charge is 0.417 e. The van der Waals surface area contributed by atoms with E-state index in [9.17, 15) is 13.2 Å². The van der Waals surface area contributed by atoms with Crippen molar-refractivity contribution < 1.29 is 13.2 Å². The predicted octanol–water partition coefficient (Wildman–Crippen LogP) is 3.99. The van der Waals surface area contributed by atoms with Crippen molar-refractivity contribution in [3.8, 4) is 6.07 Å². The predicted molar refractivity (Wildman–Crippen MR) is 50.5 cm³/mol. The van der Waals surface area contributed by atoms with Crippen LogP contribution in [0.15, 0.2) is 18.2 Å². The van der Waals surface area contributed by atoms with Gasteiger partial charge in [0, 0.05) is 0 Å². The molecule has 5 heteroatoms. The first-order valence-corrected chi connectivity index (χ1v) is 4.50. The van der Waals surface area contributed by atoms with E-state index in [0.717, 1.165) is 6.07 Å². The topological polar surface area (TPSA) is 23.8 Å². The van der Waals surface area contributed by atoms with Crippen LogP contribution in [0.4, 0.5) is 13.2 Å². The SMILES string of the molecule is CC(C#N)c1ccc(C(F)(F)F)c(Cl)c1. The highest BCUT2D eigenvalue weighted by Crippen LogP contribution is 2.35. The molecular weight excluding hydrogens is 227 g/mol. The zero-order valence-corrected chi connectivity index (χ0v) is 8.52. The normalized spacial score (nSPS) is 13.3. The number of nitriles is 1. The summed E-state index contributed by atoms with van der Waals surface area (Å²) in [5, 5.41) is 8.22. The molecule has 1 aromatic rings. The third-order valence-electron chi connectivity index (χ3n) is 1.99. The lowest BCUT2D eigenvalue weighted by Crippen LogP contribution is -2.06. The van der Waals surface area contributed by atoms with E-state index in [1.807, 2.05) is 6.07 Å². The zero-order valence-electron chi connectivity index (χ0n) is 7.77. The average molecular weight is 234 g/mol. The average Bonchev–Trinajstić information content (AvgIpc) is 2.14. The van der Waals surface area contributed by atoms with E-state index in [-0.39, 0.29) is 5.02 Å². The molecule has 0 amide bonds. The summed E-state index contributed by atoms with van der Waals surface area (Å²) in [6.45, 7) is 1.60. The Hall–Kier alpha value is -1.21. The molecule has 1 atom stereocenters. The molecule has 0 N–H and O–H groups in total. The van der Waals surface area contributed by atoms with Gasteiger partial charge < -0.3 is 0 Å². The highest BCUT2D eigenvalue weighted by molar-refractivity contribution is 6.31. The molecule has 0 aliphatic carbocycles. The first-order valence-electron chi connectivity index (χ1n) is 4.12. The molecule has 0 aromatic heterocycles. The Bertz CT molecular complexity index is 406. The lowest BCUT2D eigenvalue weighted by Gasteiger charge is -2.10. The monoisotopic (exact) mass is 233 g/mol. The Labute approximate surface area is 90.1 Å². The van der Waals surface area contributed by atoms with Crippen molar-refractivity contribution in [1.29, 1.82) is 5.26 Å². The van der Waals surface area contributed by atoms with Crippen LogP contribution in [0, 0.1) is 11.3 Å². The molecule has 0 heterocycles. The van der Waals surface area contributed by atoms with Crippen LogP contribution in [0.1, 0.15) is 24.0 Å². The minimum atomic E-state index is -4.45. The van der Waals surface area contributed by atoms with Crippen molar-refractivity contribution in [1.82, 2.24) is 0 Å². The van der Waals surface area contributed by atoms with Gasteiger partial charge in [0.25, 0.3) is 0 Å². The molecule has 0 saturated carbocycles. The second kappa shape index (κ2) is 4.11. The fraction of sp³-hybridized carbons (Fsp3) is 0.300. The molecule has 1 aromatic carbocycles. The van der Waals surface area contributed by atoms with Gasteiger partial charge in [-0.25, -0.2) is 0 Å². The van der Waals surface area contributed by atoms with E-state index in [1.165, 1.54) is 12.1 Å². The standard InChI is InChI=1S/C10H7ClF3N/c1-6(5-15)7-2-3-8(9(11)4-7)10(12,13)14/h2-4,6H,1H3. The lowest BCUT2D eigenvalue weighted by molar-refractivity contribution is -0.137. The lowest BCUT2D eigenvalue weighted by atomic mass is 10.0. The van der Waals surface area contributed by atoms with Gasteiger partial charge in [-0.05, 0) is 24.6 Å². The smallest absolute Gasteiger partial charge is 0.198 e. The first kappa shape index (κ1) is 11.9. The maximum atomic E-state index is 12.3. The van der Waals surface area contributed by atoms with Crippen LogP contribution in [0.5, 0.6) is 0 Å². The summed E-state index contributed by atoms with van der Waals surface area (Å²) >= 11 is 5.49. The van der Waals surface area contributed by atoms with E-state index in [1.54, 1.807) is 6.92 Å². The van der Waals surface area contributed by atoms with Crippen molar-refractivity contribution in [2.45, 2.75) is 19.0 Å². The van der Waals surface area contributed by atoms with Gasteiger partial charge in [-0.3, -0.25) is 0 Å². The van der Waals surface area contributed by atoms with Gasteiger partial charge in [-0.2, -0.15) is 18.4 Å². The minimum absolute atomic E-state index is 0.373. The molecule has 1 unspecified atom stereocenters. The molecule has 0 aliphatic rings. The molecule has 0 aliphatic heterocycles. The van der Waals surface area contributed by atoms with Gasteiger partial charge in [0.05, 0.1) is 22.6 Å². The molecule has 0 saturated heterocycles. The van der Waals surface area contributed by atoms with Crippen LogP contribution in [-0.4, -0.2) is 0 Å². The molecule has 15 heavy (non-hydrogen) atoms. The van der Waals surface area contributed by atoms with E-state index >= 15 is 0 Å². The molecule has 0 spiro atoms. The second-order valence-electron chi connectivity index (χ2n) is 3.09. The van der Waals surface area contributed by atoms with Crippen molar-refractivity contribution >= 4 is 11.6 Å². The van der Waals surface area contributed by atoms with Crippen molar-refractivity contribution in [2.75, 3.05) is 0 Å². The van der Waals surface area contributed by atoms with Gasteiger partial charge in [-0.15, -0.1) is 0 Å². The number of rotatable bonds is 1. The minimum Gasteiger partial charge on any atom is -0.198 e. The molecule has 80 valence electrons. The van der Waals surface area contributed by atoms with Gasteiger partial charge in [-0.1, -0.05) is 17.7 Å². The number of nitrogens with zero attached hydrogens (tertiary/aromatic N) is 1. The fourth-order valence-corrected chi connectivity index (χ4v) is 1.40. The second-order valence-corrected chi connectivity index (χ2v) is 3.50. The van der Waals surface area contributed by atoms with Gasteiger partial charge >= 0.3 is 6.18 Å². The summed E-state index contributed by atoms with van der Waals surface area (Å²) in [7, 11) is 0. The maximum absolute atomic E-state index is 12.3. The molecule has 1 rings (SSSR count). The van der Waals surface area contributed by atoms with Crippen LogP contribution in [-0.2, 0) is 6.18 Å². The first-order chi connectivity index (χ1) is 6.86. The molecule has 1 nitrogen and oxygen atoms in total. The van der Waals surface area contributed by atoms with Gasteiger partial charge in [0.2, 0.25) is 0 Å². The van der Waals surface area contributed by atoms with E-state index in [0.29, 0.717) is 5.56 Å². The Morgan fingerprint density at radius 1 is 1.40 bits per heavy atom. The quantitative estimate of drug-likeness (QED) is 0.720. The number of hydrogen-bond acceptors (Lipinski definition) is 1. The van der Waals surface area contributed by atoms with Crippen LogP contribution in [0.25, 0.3) is 0 Å². The number of hydrogen-bond donors (Lipinski definition) is 0. The third kappa shape index (κ3) is 2.63. The van der Waals surface area contributed by atoms with Gasteiger partial charge in [0.1, 0.15) is 0 Å². The number of benzene rings is 1. The summed E-state index contributed by atoms with van der Waals surface area (Å²) in [6.07, 6.45) is -4.45. The summed E-state index contributed by atoms with van der Waals surface area (Å²) in [5.74, 6) is -0.468. The van der Waals surface area contributed by atoms with Crippen LogP contribution < -0.4 is 0 Å². The molecule has 0 fully saturated rings. The molecule has 0 bridgehead atoms. The van der Waals surface area contributed by atoms with E-state index < -0.39 is 17.7 Å². The van der Waals surface area contributed by atoms with E-state index in [4.69, 9.17) is 16.9 Å². The molecular formula is C10H7ClF3N. The molecule has 0 radical (unpaired) electrons. The number of halogens is 4. The third-order valence-corrected chi connectivity index (χ3v) is 2.30. The van der Waals surface area contributed by atoms with Crippen LogP contribution in [0.3, 0.4) is 0 Å². The van der Waals surface area contributed by atoms with Gasteiger partial charge in [0.15, 0.2) is 0 Å². The van der Waals surface area contributed by atoms with Crippen molar-refractivity contribution in [3.05, 3.63) is 34.3 Å². The Balaban J connectivity index is 3.16. The summed E-state index contributed by atoms with van der Waals surface area (Å²) in [6, 6.07) is 5.27. The number of alkyl halides is 3.